The fourth-order valence-electron chi connectivity index (χ4n) is 3.89. The average Bonchev–Trinajstić information content (AvgIpc) is 2.69. The minimum atomic E-state index is -0.189. The van der Waals surface area contributed by atoms with Gasteiger partial charge < -0.3 is 15.4 Å². The largest absolute Gasteiger partial charge is 0.379 e. The van der Waals surface area contributed by atoms with Crippen molar-refractivity contribution in [1.29, 1.82) is 0 Å². The molecule has 0 aromatic heterocycles. The van der Waals surface area contributed by atoms with Crippen LogP contribution in [0, 0.1) is 5.82 Å². The summed E-state index contributed by atoms with van der Waals surface area (Å²) in [6.07, 6.45) is 6.32. The molecule has 2 N–H and O–H groups in total. The van der Waals surface area contributed by atoms with E-state index in [0.717, 1.165) is 37.8 Å². The van der Waals surface area contributed by atoms with Gasteiger partial charge in [0, 0.05) is 32.7 Å². The van der Waals surface area contributed by atoms with Gasteiger partial charge in [-0.05, 0) is 30.5 Å². The molecule has 7 heteroatoms. The second kappa shape index (κ2) is 11.8. The standard InChI is InChI=1S/C20H31FN4O.HI/c1-22-20(24-18-8-3-2-4-9-18)23-15-19(25-10-12-26-13-11-25)16-6-5-7-17(21)14-16;/h5-7,14,18-19H,2-4,8-13,15H2,1H3,(H2,22,23,24);1H. The molecule has 152 valence electrons. The maximum absolute atomic E-state index is 13.8. The van der Waals surface area contributed by atoms with E-state index in [9.17, 15) is 4.39 Å². The van der Waals surface area contributed by atoms with Gasteiger partial charge >= 0.3 is 0 Å². The summed E-state index contributed by atoms with van der Waals surface area (Å²) in [5, 5.41) is 7.01. The highest BCUT2D eigenvalue weighted by molar-refractivity contribution is 14.0. The van der Waals surface area contributed by atoms with Crippen molar-refractivity contribution < 1.29 is 9.13 Å². The maximum atomic E-state index is 13.8. The lowest BCUT2D eigenvalue weighted by molar-refractivity contribution is 0.0169. The molecule has 5 nitrogen and oxygen atoms in total. The van der Waals surface area contributed by atoms with E-state index in [1.54, 1.807) is 12.1 Å². The predicted octanol–water partition coefficient (Wildman–Crippen LogP) is 3.31. The van der Waals surface area contributed by atoms with Crippen LogP contribution in [-0.4, -0.2) is 56.8 Å². The Morgan fingerprint density at radius 1 is 1.26 bits per heavy atom. The molecule has 0 bridgehead atoms. The van der Waals surface area contributed by atoms with Crippen LogP contribution in [0.5, 0.6) is 0 Å². The van der Waals surface area contributed by atoms with Crippen molar-refractivity contribution in [2.75, 3.05) is 39.9 Å². The van der Waals surface area contributed by atoms with Gasteiger partial charge in [-0.2, -0.15) is 0 Å². The van der Waals surface area contributed by atoms with Crippen molar-refractivity contribution in [3.05, 3.63) is 35.6 Å². The molecule has 0 radical (unpaired) electrons. The smallest absolute Gasteiger partial charge is 0.191 e. The number of aliphatic imine (C=N–C) groups is 1. The Hall–Kier alpha value is -0.930. The molecule has 1 aromatic carbocycles. The lowest BCUT2D eigenvalue weighted by Crippen LogP contribution is -2.48. The van der Waals surface area contributed by atoms with Crippen LogP contribution < -0.4 is 10.6 Å². The van der Waals surface area contributed by atoms with Gasteiger partial charge in [0.15, 0.2) is 5.96 Å². The van der Waals surface area contributed by atoms with E-state index in [2.05, 4.69) is 20.5 Å². The zero-order valence-electron chi connectivity index (χ0n) is 16.1. The Morgan fingerprint density at radius 2 is 2.00 bits per heavy atom. The number of benzene rings is 1. The second-order valence-corrected chi connectivity index (χ2v) is 7.15. The number of nitrogens with one attached hydrogen (secondary N) is 2. The molecular weight excluding hydrogens is 458 g/mol. The van der Waals surface area contributed by atoms with Gasteiger partial charge in [0.2, 0.25) is 0 Å². The Morgan fingerprint density at radius 3 is 2.67 bits per heavy atom. The SMILES string of the molecule is CN=C(NCC(c1cccc(F)c1)N1CCOCC1)NC1CCCCC1.I. The van der Waals surface area contributed by atoms with E-state index >= 15 is 0 Å². The molecule has 1 heterocycles. The topological polar surface area (TPSA) is 48.9 Å². The number of guanidine groups is 1. The minimum Gasteiger partial charge on any atom is -0.379 e. The number of hydrogen-bond acceptors (Lipinski definition) is 3. The van der Waals surface area contributed by atoms with Crippen LogP contribution in [-0.2, 0) is 4.74 Å². The van der Waals surface area contributed by atoms with E-state index in [1.807, 2.05) is 13.1 Å². The van der Waals surface area contributed by atoms with Gasteiger partial charge in [0.05, 0.1) is 19.3 Å². The van der Waals surface area contributed by atoms with Crippen LogP contribution >= 0.6 is 24.0 Å². The first kappa shape index (κ1) is 22.4. The molecule has 27 heavy (non-hydrogen) atoms. The van der Waals surface area contributed by atoms with Crippen molar-refractivity contribution in [2.45, 2.75) is 44.2 Å². The molecule has 1 aliphatic heterocycles. The van der Waals surface area contributed by atoms with E-state index in [0.29, 0.717) is 12.6 Å². The lowest BCUT2D eigenvalue weighted by Gasteiger charge is -2.35. The number of ether oxygens (including phenoxy) is 1. The van der Waals surface area contributed by atoms with E-state index in [4.69, 9.17) is 4.74 Å². The Bertz CT molecular complexity index is 589. The fourth-order valence-corrected chi connectivity index (χ4v) is 3.89. The highest BCUT2D eigenvalue weighted by Crippen LogP contribution is 2.22. The number of rotatable bonds is 5. The fraction of sp³-hybridized carbons (Fsp3) is 0.650. The molecule has 1 unspecified atom stereocenters. The summed E-state index contributed by atoms with van der Waals surface area (Å²) in [6, 6.07) is 7.52. The molecule has 2 fully saturated rings. The Kier molecular flexibility index (Phi) is 9.78. The quantitative estimate of drug-likeness (QED) is 0.378. The molecular formula is C20H32FIN4O. The van der Waals surface area contributed by atoms with Crippen molar-refractivity contribution in [1.82, 2.24) is 15.5 Å². The number of hydrogen-bond donors (Lipinski definition) is 2. The molecule has 2 aliphatic rings. The molecule has 1 aromatic rings. The van der Waals surface area contributed by atoms with Crippen molar-refractivity contribution in [3.63, 3.8) is 0 Å². The summed E-state index contributed by atoms with van der Waals surface area (Å²) in [4.78, 5) is 6.75. The third-order valence-corrected chi connectivity index (χ3v) is 5.35. The van der Waals surface area contributed by atoms with Crippen LogP contribution in [0.3, 0.4) is 0 Å². The van der Waals surface area contributed by atoms with Crippen molar-refractivity contribution in [3.8, 4) is 0 Å². The lowest BCUT2D eigenvalue weighted by atomic mass is 9.96. The predicted molar refractivity (Wildman–Crippen MR) is 118 cm³/mol. The Balaban J connectivity index is 0.00000261. The molecule has 3 rings (SSSR count). The highest BCUT2D eigenvalue weighted by Gasteiger charge is 2.23. The first-order valence-corrected chi connectivity index (χ1v) is 9.80. The first-order chi connectivity index (χ1) is 12.8. The monoisotopic (exact) mass is 490 g/mol. The van der Waals surface area contributed by atoms with Crippen LogP contribution in [0.25, 0.3) is 0 Å². The second-order valence-electron chi connectivity index (χ2n) is 7.15. The van der Waals surface area contributed by atoms with Gasteiger partial charge in [-0.25, -0.2) is 4.39 Å². The van der Waals surface area contributed by atoms with Crippen molar-refractivity contribution >= 4 is 29.9 Å². The first-order valence-electron chi connectivity index (χ1n) is 9.80. The summed E-state index contributed by atoms with van der Waals surface area (Å²) < 4.78 is 19.3. The molecule has 0 spiro atoms. The zero-order valence-corrected chi connectivity index (χ0v) is 18.5. The van der Waals surface area contributed by atoms with E-state index in [-0.39, 0.29) is 35.8 Å². The maximum Gasteiger partial charge on any atom is 0.191 e. The molecule has 1 aliphatic carbocycles. The van der Waals surface area contributed by atoms with Gasteiger partial charge in [-0.3, -0.25) is 9.89 Å². The van der Waals surface area contributed by atoms with E-state index < -0.39 is 0 Å². The minimum absolute atomic E-state index is 0. The van der Waals surface area contributed by atoms with Gasteiger partial charge in [-0.15, -0.1) is 24.0 Å². The van der Waals surface area contributed by atoms with Gasteiger partial charge in [0.25, 0.3) is 0 Å². The van der Waals surface area contributed by atoms with Crippen molar-refractivity contribution in [2.24, 2.45) is 4.99 Å². The molecule has 0 amide bonds. The van der Waals surface area contributed by atoms with Crippen LogP contribution in [0.1, 0.15) is 43.7 Å². The normalized spacial score (nSPS) is 20.6. The Labute approximate surface area is 179 Å². The van der Waals surface area contributed by atoms with E-state index in [1.165, 1.54) is 38.2 Å². The zero-order chi connectivity index (χ0) is 18.2. The summed E-state index contributed by atoms with van der Waals surface area (Å²) in [6.45, 7) is 3.85. The molecule has 1 saturated carbocycles. The highest BCUT2D eigenvalue weighted by atomic mass is 127. The number of morpholine rings is 1. The number of halogens is 2. The molecule has 1 saturated heterocycles. The molecule has 1 atom stereocenters. The number of nitrogens with zero attached hydrogens (tertiary/aromatic N) is 2. The van der Waals surface area contributed by atoms with Gasteiger partial charge in [0.1, 0.15) is 5.82 Å². The van der Waals surface area contributed by atoms with Crippen LogP contribution in [0.2, 0.25) is 0 Å². The third-order valence-electron chi connectivity index (χ3n) is 5.35. The summed E-state index contributed by atoms with van der Waals surface area (Å²) in [7, 11) is 1.81. The van der Waals surface area contributed by atoms with Crippen LogP contribution in [0.15, 0.2) is 29.3 Å². The summed E-state index contributed by atoms with van der Waals surface area (Å²) in [5.74, 6) is 0.650. The van der Waals surface area contributed by atoms with Crippen LogP contribution in [0.4, 0.5) is 4.39 Å². The average molecular weight is 490 g/mol. The summed E-state index contributed by atoms with van der Waals surface area (Å²) in [5.41, 5.74) is 0.993. The summed E-state index contributed by atoms with van der Waals surface area (Å²) >= 11 is 0. The third kappa shape index (κ3) is 6.87. The van der Waals surface area contributed by atoms with Gasteiger partial charge in [-0.1, -0.05) is 31.4 Å².